The van der Waals surface area contributed by atoms with E-state index in [-0.39, 0.29) is 5.76 Å². The van der Waals surface area contributed by atoms with Crippen LogP contribution in [0.25, 0.3) is 33.8 Å². The molecule has 0 saturated heterocycles. The second kappa shape index (κ2) is 8.52. The topological polar surface area (TPSA) is 128 Å². The number of halogens is 1. The van der Waals surface area contributed by atoms with Gasteiger partial charge >= 0.3 is 0 Å². The molecule has 2 aromatic carbocycles. The summed E-state index contributed by atoms with van der Waals surface area (Å²) < 4.78 is 16.6. The van der Waals surface area contributed by atoms with E-state index in [9.17, 15) is 10.2 Å². The smallest absolute Gasteiger partial charge is 0.258 e. The standard InChI is InChI=1S/C22H20ClN3O5/c1-2-7-29-18-6-4-14(9-16(18)23)21-25-20(26-31-21)13-3-5-17-15(8-13)10-19(30-17)22(24,11-27)12-28/h2-6,8-10,27-28H,1,7,11-12,24H2. The summed E-state index contributed by atoms with van der Waals surface area (Å²) in [5.74, 6) is 1.51. The molecule has 4 aromatic rings. The zero-order chi connectivity index (χ0) is 22.0. The van der Waals surface area contributed by atoms with Gasteiger partial charge in [0.1, 0.15) is 29.2 Å². The highest BCUT2D eigenvalue weighted by molar-refractivity contribution is 6.32. The average molecular weight is 442 g/mol. The molecule has 31 heavy (non-hydrogen) atoms. The zero-order valence-corrected chi connectivity index (χ0v) is 17.2. The predicted octanol–water partition coefficient (Wildman–Crippen LogP) is 3.51. The first-order valence-corrected chi connectivity index (χ1v) is 9.77. The maximum Gasteiger partial charge on any atom is 0.258 e. The van der Waals surface area contributed by atoms with Gasteiger partial charge in [-0.1, -0.05) is 29.4 Å². The van der Waals surface area contributed by atoms with E-state index in [4.69, 9.17) is 31.0 Å². The lowest BCUT2D eigenvalue weighted by Crippen LogP contribution is -2.43. The van der Waals surface area contributed by atoms with Gasteiger partial charge in [0.15, 0.2) is 0 Å². The van der Waals surface area contributed by atoms with Crippen LogP contribution in [0.15, 0.2) is 64.1 Å². The van der Waals surface area contributed by atoms with Gasteiger partial charge in [-0.2, -0.15) is 4.98 Å². The van der Waals surface area contributed by atoms with Crippen molar-refractivity contribution >= 4 is 22.6 Å². The van der Waals surface area contributed by atoms with Crippen LogP contribution in [-0.2, 0) is 5.54 Å². The van der Waals surface area contributed by atoms with Gasteiger partial charge < -0.3 is 29.6 Å². The van der Waals surface area contributed by atoms with Gasteiger partial charge in [0.25, 0.3) is 5.89 Å². The van der Waals surface area contributed by atoms with Crippen molar-refractivity contribution in [1.82, 2.24) is 10.1 Å². The fourth-order valence-electron chi connectivity index (χ4n) is 2.99. The summed E-state index contributed by atoms with van der Waals surface area (Å²) in [5, 5.41) is 24.2. The van der Waals surface area contributed by atoms with Crippen LogP contribution in [0, 0.1) is 0 Å². The van der Waals surface area contributed by atoms with Crippen molar-refractivity contribution in [3.8, 4) is 28.6 Å². The number of nitrogens with two attached hydrogens (primary N) is 1. The van der Waals surface area contributed by atoms with Crippen LogP contribution in [-0.4, -0.2) is 40.2 Å². The molecule has 0 bridgehead atoms. The molecular weight excluding hydrogens is 422 g/mol. The predicted molar refractivity (Wildman–Crippen MR) is 116 cm³/mol. The number of nitrogens with zero attached hydrogens (tertiary/aromatic N) is 2. The van der Waals surface area contributed by atoms with E-state index in [1.165, 1.54) is 0 Å². The molecule has 8 nitrogen and oxygen atoms in total. The number of hydrogen-bond donors (Lipinski definition) is 3. The Kier molecular flexibility index (Phi) is 5.79. The van der Waals surface area contributed by atoms with Crippen LogP contribution in [0.5, 0.6) is 5.75 Å². The fourth-order valence-corrected chi connectivity index (χ4v) is 3.23. The van der Waals surface area contributed by atoms with E-state index in [1.807, 2.05) is 6.07 Å². The highest BCUT2D eigenvalue weighted by Crippen LogP contribution is 2.32. The normalized spacial score (nSPS) is 11.7. The van der Waals surface area contributed by atoms with Crippen LogP contribution in [0.3, 0.4) is 0 Å². The van der Waals surface area contributed by atoms with Crippen molar-refractivity contribution in [2.24, 2.45) is 5.73 Å². The molecule has 2 heterocycles. The van der Waals surface area contributed by atoms with Crippen LogP contribution < -0.4 is 10.5 Å². The van der Waals surface area contributed by atoms with Gasteiger partial charge in [0.05, 0.1) is 18.2 Å². The summed E-state index contributed by atoms with van der Waals surface area (Å²) in [6, 6.07) is 12.2. The molecule has 0 aliphatic rings. The molecule has 0 fully saturated rings. The molecular formula is C22H20ClN3O5. The summed E-state index contributed by atoms with van der Waals surface area (Å²) in [6.07, 6.45) is 1.63. The summed E-state index contributed by atoms with van der Waals surface area (Å²) in [4.78, 5) is 4.45. The van der Waals surface area contributed by atoms with Crippen LogP contribution in [0.1, 0.15) is 5.76 Å². The van der Waals surface area contributed by atoms with Gasteiger partial charge in [-0.25, -0.2) is 0 Å². The quantitative estimate of drug-likeness (QED) is 0.354. The van der Waals surface area contributed by atoms with E-state index in [0.29, 0.717) is 45.8 Å². The Morgan fingerprint density at radius 2 is 1.90 bits per heavy atom. The molecule has 2 aromatic heterocycles. The molecule has 0 amide bonds. The molecule has 160 valence electrons. The minimum atomic E-state index is -1.36. The molecule has 0 spiro atoms. The summed E-state index contributed by atoms with van der Waals surface area (Å²) in [7, 11) is 0. The van der Waals surface area contributed by atoms with Crippen molar-refractivity contribution < 1.29 is 23.9 Å². The molecule has 0 aliphatic heterocycles. The third-order valence-electron chi connectivity index (χ3n) is 4.79. The van der Waals surface area contributed by atoms with Crippen molar-refractivity contribution in [2.45, 2.75) is 5.54 Å². The number of aliphatic hydroxyl groups excluding tert-OH is 2. The Hall–Kier alpha value is -3.17. The fraction of sp³-hybridized carbons (Fsp3) is 0.182. The van der Waals surface area contributed by atoms with E-state index < -0.39 is 18.8 Å². The minimum Gasteiger partial charge on any atom is -0.488 e. The zero-order valence-electron chi connectivity index (χ0n) is 16.4. The molecule has 0 atom stereocenters. The highest BCUT2D eigenvalue weighted by atomic mass is 35.5. The number of hydrogen-bond acceptors (Lipinski definition) is 8. The first kappa shape index (κ1) is 21.1. The monoisotopic (exact) mass is 441 g/mol. The Labute approximate surface area is 182 Å². The van der Waals surface area contributed by atoms with Crippen LogP contribution in [0.2, 0.25) is 5.02 Å². The lowest BCUT2D eigenvalue weighted by atomic mass is 10.00. The molecule has 0 aliphatic carbocycles. The first-order valence-electron chi connectivity index (χ1n) is 9.40. The maximum absolute atomic E-state index is 9.49. The number of fused-ring (bicyclic) bond motifs is 1. The van der Waals surface area contributed by atoms with Gasteiger partial charge in [0.2, 0.25) is 5.82 Å². The van der Waals surface area contributed by atoms with Crippen molar-refractivity contribution in [2.75, 3.05) is 19.8 Å². The SMILES string of the molecule is C=CCOc1ccc(-c2nc(-c3ccc4oc(C(N)(CO)CO)cc4c3)no2)cc1Cl. The number of furan rings is 1. The van der Waals surface area contributed by atoms with Crippen molar-refractivity contribution in [1.29, 1.82) is 0 Å². The maximum atomic E-state index is 9.49. The highest BCUT2D eigenvalue weighted by Gasteiger charge is 2.30. The van der Waals surface area contributed by atoms with Crippen molar-refractivity contribution in [3.63, 3.8) is 0 Å². The molecule has 4 N–H and O–H groups in total. The van der Waals surface area contributed by atoms with E-state index >= 15 is 0 Å². The second-order valence-corrected chi connectivity index (χ2v) is 7.41. The first-order chi connectivity index (χ1) is 15.0. The number of aliphatic hydroxyl groups is 2. The Morgan fingerprint density at radius 3 is 2.61 bits per heavy atom. The molecule has 9 heteroatoms. The molecule has 0 unspecified atom stereocenters. The van der Waals surface area contributed by atoms with Gasteiger partial charge in [-0.15, -0.1) is 0 Å². The number of ether oxygens (including phenoxy) is 1. The third-order valence-corrected chi connectivity index (χ3v) is 5.09. The summed E-state index contributed by atoms with van der Waals surface area (Å²) in [6.45, 7) is 3.05. The number of rotatable bonds is 8. The number of aromatic nitrogens is 2. The Bertz CT molecular complexity index is 1230. The Morgan fingerprint density at radius 1 is 1.13 bits per heavy atom. The molecule has 0 radical (unpaired) electrons. The van der Waals surface area contributed by atoms with Gasteiger partial charge in [-0.05, 0) is 42.5 Å². The van der Waals surface area contributed by atoms with Gasteiger partial charge in [-0.3, -0.25) is 0 Å². The largest absolute Gasteiger partial charge is 0.488 e. The number of benzene rings is 2. The second-order valence-electron chi connectivity index (χ2n) is 7.00. The third kappa shape index (κ3) is 4.06. The van der Waals surface area contributed by atoms with Crippen molar-refractivity contribution in [3.05, 3.63) is 65.9 Å². The minimum absolute atomic E-state index is 0.284. The lowest BCUT2D eigenvalue weighted by molar-refractivity contribution is 0.105. The van der Waals surface area contributed by atoms with Crippen LogP contribution >= 0.6 is 11.6 Å². The van der Waals surface area contributed by atoms with Gasteiger partial charge in [0, 0.05) is 16.5 Å². The van der Waals surface area contributed by atoms with E-state index in [0.717, 1.165) is 5.39 Å². The average Bonchev–Trinajstić information content (AvgIpc) is 3.45. The molecule has 4 rings (SSSR count). The van der Waals surface area contributed by atoms with E-state index in [1.54, 1.807) is 42.5 Å². The van der Waals surface area contributed by atoms with E-state index in [2.05, 4.69) is 16.7 Å². The lowest BCUT2D eigenvalue weighted by Gasteiger charge is -2.21. The Balaban J connectivity index is 1.63. The van der Waals surface area contributed by atoms with Crippen LogP contribution in [0.4, 0.5) is 0 Å². The summed E-state index contributed by atoms with van der Waals surface area (Å²) in [5.41, 5.74) is 6.53. The summed E-state index contributed by atoms with van der Waals surface area (Å²) >= 11 is 6.26. The molecule has 0 saturated carbocycles.